The molecule has 0 atom stereocenters. The maximum absolute atomic E-state index is 13.5. The van der Waals surface area contributed by atoms with E-state index in [0.717, 1.165) is 0 Å². The lowest BCUT2D eigenvalue weighted by atomic mass is 10.2. The van der Waals surface area contributed by atoms with Crippen LogP contribution in [-0.4, -0.2) is 38.5 Å². The van der Waals surface area contributed by atoms with Gasteiger partial charge in [-0.05, 0) is 12.1 Å². The predicted octanol–water partition coefficient (Wildman–Crippen LogP) is 1.50. The molecule has 2 N–H and O–H groups in total. The van der Waals surface area contributed by atoms with Gasteiger partial charge in [0.1, 0.15) is 23.2 Å². The average molecular weight is 273 g/mol. The molecule has 0 aliphatic rings. The minimum Gasteiger partial charge on any atom is -0.491 e. The third-order valence-electron chi connectivity index (χ3n) is 2.13. The first kappa shape index (κ1) is 14.8. The van der Waals surface area contributed by atoms with Crippen LogP contribution in [0.3, 0.4) is 0 Å². The molecule has 0 saturated carbocycles. The smallest absolute Gasteiger partial charge is 0.137 e. The minimum absolute atomic E-state index is 0.0296. The molecule has 1 rings (SSSR count). The molecule has 0 aliphatic heterocycles. The fourth-order valence-electron chi connectivity index (χ4n) is 1.25. The van der Waals surface area contributed by atoms with E-state index in [-0.39, 0.29) is 10.6 Å². The Morgan fingerprint density at radius 1 is 1.28 bits per heavy atom. The number of benzene rings is 1. The van der Waals surface area contributed by atoms with Gasteiger partial charge in [-0.3, -0.25) is 0 Å². The van der Waals surface area contributed by atoms with Crippen LogP contribution in [0, 0.1) is 5.82 Å². The van der Waals surface area contributed by atoms with Gasteiger partial charge in [-0.1, -0.05) is 12.2 Å². The second kappa shape index (κ2) is 7.97. The van der Waals surface area contributed by atoms with Crippen molar-refractivity contribution in [3.63, 3.8) is 0 Å². The monoisotopic (exact) mass is 273 g/mol. The number of methoxy groups -OCH3 is 1. The van der Waals surface area contributed by atoms with Crippen LogP contribution in [0.4, 0.5) is 4.39 Å². The topological polar surface area (TPSA) is 53.7 Å². The summed E-state index contributed by atoms with van der Waals surface area (Å²) in [5.41, 5.74) is 5.57. The highest BCUT2D eigenvalue weighted by atomic mass is 32.1. The predicted molar refractivity (Wildman–Crippen MR) is 70.5 cm³/mol. The van der Waals surface area contributed by atoms with E-state index in [9.17, 15) is 4.39 Å². The Labute approximate surface area is 111 Å². The van der Waals surface area contributed by atoms with Crippen molar-refractivity contribution in [3.8, 4) is 5.75 Å². The van der Waals surface area contributed by atoms with Gasteiger partial charge in [0.15, 0.2) is 0 Å². The maximum Gasteiger partial charge on any atom is 0.137 e. The van der Waals surface area contributed by atoms with Gasteiger partial charge in [0.2, 0.25) is 0 Å². The van der Waals surface area contributed by atoms with Gasteiger partial charge in [0.25, 0.3) is 0 Å². The van der Waals surface area contributed by atoms with Gasteiger partial charge in [-0.25, -0.2) is 4.39 Å². The van der Waals surface area contributed by atoms with Crippen molar-refractivity contribution in [2.24, 2.45) is 5.73 Å². The highest BCUT2D eigenvalue weighted by Crippen LogP contribution is 2.16. The summed E-state index contributed by atoms with van der Waals surface area (Å²) < 4.78 is 28.8. The highest BCUT2D eigenvalue weighted by Gasteiger charge is 2.06. The van der Waals surface area contributed by atoms with Crippen molar-refractivity contribution in [3.05, 3.63) is 29.6 Å². The molecule has 0 saturated heterocycles. The Kier molecular flexibility index (Phi) is 6.56. The molecule has 4 nitrogen and oxygen atoms in total. The Morgan fingerprint density at radius 3 is 2.61 bits per heavy atom. The lowest BCUT2D eigenvalue weighted by Gasteiger charge is -2.08. The number of halogens is 1. The normalized spacial score (nSPS) is 10.3. The number of hydrogen-bond donors (Lipinski definition) is 1. The third-order valence-corrected chi connectivity index (χ3v) is 2.35. The van der Waals surface area contributed by atoms with E-state index in [2.05, 4.69) is 0 Å². The number of ether oxygens (including phenoxy) is 3. The molecule has 0 amide bonds. The molecule has 0 heterocycles. The summed E-state index contributed by atoms with van der Waals surface area (Å²) in [6.07, 6.45) is 0. The zero-order valence-electron chi connectivity index (χ0n) is 10.1. The van der Waals surface area contributed by atoms with Crippen LogP contribution in [0.15, 0.2) is 18.2 Å². The van der Waals surface area contributed by atoms with Gasteiger partial charge in [-0.15, -0.1) is 0 Å². The van der Waals surface area contributed by atoms with Crippen molar-refractivity contribution in [2.75, 3.05) is 33.5 Å². The summed E-state index contributed by atoms with van der Waals surface area (Å²) in [6.45, 7) is 1.81. The number of nitrogens with two attached hydrogens (primary N) is 1. The average Bonchev–Trinajstić information content (AvgIpc) is 2.33. The minimum atomic E-state index is -0.486. The number of rotatable bonds is 8. The highest BCUT2D eigenvalue weighted by molar-refractivity contribution is 7.80. The fourth-order valence-corrected chi connectivity index (χ4v) is 1.41. The van der Waals surface area contributed by atoms with Crippen molar-refractivity contribution < 1.29 is 18.6 Å². The molecule has 100 valence electrons. The van der Waals surface area contributed by atoms with Crippen LogP contribution in [0.2, 0.25) is 0 Å². The van der Waals surface area contributed by atoms with Crippen molar-refractivity contribution >= 4 is 17.2 Å². The molecule has 0 aromatic heterocycles. The molecule has 0 bridgehead atoms. The lowest BCUT2D eigenvalue weighted by Crippen LogP contribution is -2.12. The van der Waals surface area contributed by atoms with Crippen LogP contribution < -0.4 is 10.5 Å². The summed E-state index contributed by atoms with van der Waals surface area (Å²) in [7, 11) is 1.60. The molecular formula is C12H16FNO3S. The summed E-state index contributed by atoms with van der Waals surface area (Å²) >= 11 is 4.70. The molecular weight excluding hydrogens is 257 g/mol. The van der Waals surface area contributed by atoms with Gasteiger partial charge < -0.3 is 19.9 Å². The van der Waals surface area contributed by atoms with E-state index in [0.29, 0.717) is 32.2 Å². The van der Waals surface area contributed by atoms with Crippen LogP contribution >= 0.6 is 12.2 Å². The van der Waals surface area contributed by atoms with Crippen LogP contribution in [0.1, 0.15) is 5.56 Å². The molecule has 6 heteroatoms. The number of hydrogen-bond acceptors (Lipinski definition) is 4. The number of thiocarbonyl (C=S) groups is 1. The Morgan fingerprint density at radius 2 is 2.00 bits per heavy atom. The zero-order chi connectivity index (χ0) is 13.4. The second-order valence-corrected chi connectivity index (χ2v) is 3.90. The van der Waals surface area contributed by atoms with E-state index in [1.807, 2.05) is 0 Å². The molecule has 0 fully saturated rings. The van der Waals surface area contributed by atoms with Crippen LogP contribution in [0.5, 0.6) is 5.75 Å². The molecule has 1 aromatic carbocycles. The molecule has 0 unspecified atom stereocenters. The van der Waals surface area contributed by atoms with Crippen LogP contribution in [-0.2, 0) is 9.47 Å². The van der Waals surface area contributed by atoms with E-state index in [1.165, 1.54) is 12.1 Å². The third kappa shape index (κ3) is 4.95. The molecule has 1 aromatic rings. The second-order valence-electron chi connectivity index (χ2n) is 3.46. The summed E-state index contributed by atoms with van der Waals surface area (Å²) in [6, 6.07) is 4.37. The molecule has 18 heavy (non-hydrogen) atoms. The Balaban J connectivity index is 2.35. The van der Waals surface area contributed by atoms with Crippen molar-refractivity contribution in [1.82, 2.24) is 0 Å². The van der Waals surface area contributed by atoms with E-state index < -0.39 is 5.82 Å². The Bertz CT molecular complexity index is 401. The van der Waals surface area contributed by atoms with E-state index in [1.54, 1.807) is 13.2 Å². The van der Waals surface area contributed by atoms with Crippen LogP contribution in [0.25, 0.3) is 0 Å². The van der Waals surface area contributed by atoms with Crippen molar-refractivity contribution in [1.29, 1.82) is 0 Å². The van der Waals surface area contributed by atoms with Crippen molar-refractivity contribution in [2.45, 2.75) is 0 Å². The quantitative estimate of drug-likeness (QED) is 0.574. The van der Waals surface area contributed by atoms with Gasteiger partial charge in [0, 0.05) is 18.7 Å². The van der Waals surface area contributed by atoms with E-state index >= 15 is 0 Å². The summed E-state index contributed by atoms with van der Waals surface area (Å²) in [5.74, 6) is -0.0665. The largest absolute Gasteiger partial charge is 0.491 e. The maximum atomic E-state index is 13.5. The fraction of sp³-hybridized carbons (Fsp3) is 0.417. The lowest BCUT2D eigenvalue weighted by molar-refractivity contribution is 0.0544. The summed E-state index contributed by atoms with van der Waals surface area (Å²) in [4.78, 5) is 0.0296. The first-order valence-electron chi connectivity index (χ1n) is 5.44. The van der Waals surface area contributed by atoms with Gasteiger partial charge in [0.05, 0.1) is 19.8 Å². The molecule has 0 aliphatic carbocycles. The summed E-state index contributed by atoms with van der Waals surface area (Å²) in [5, 5.41) is 0. The zero-order valence-corrected chi connectivity index (χ0v) is 11.0. The Hall–Kier alpha value is -1.24. The van der Waals surface area contributed by atoms with Gasteiger partial charge in [-0.2, -0.15) is 0 Å². The first-order chi connectivity index (χ1) is 8.65. The molecule has 0 radical (unpaired) electrons. The first-order valence-corrected chi connectivity index (χ1v) is 5.85. The van der Waals surface area contributed by atoms with Gasteiger partial charge >= 0.3 is 0 Å². The van der Waals surface area contributed by atoms with E-state index in [4.69, 9.17) is 32.2 Å². The SMILES string of the molecule is COCCOCCOc1ccc(C(N)=S)c(F)c1. The molecule has 0 spiro atoms. The standard InChI is InChI=1S/C12H16FNO3S/c1-15-4-5-16-6-7-17-9-2-3-10(12(14)18)11(13)8-9/h2-3,8H,4-7H2,1H3,(H2,14,18).